The molecule has 0 aromatic heterocycles. The molecule has 0 saturated heterocycles. The third-order valence-corrected chi connectivity index (χ3v) is 5.27. The van der Waals surface area contributed by atoms with Crippen molar-refractivity contribution in [2.45, 2.75) is 71.1 Å². The van der Waals surface area contributed by atoms with Gasteiger partial charge in [-0.3, -0.25) is 19.2 Å². The van der Waals surface area contributed by atoms with Gasteiger partial charge in [0.15, 0.2) is 0 Å². The lowest BCUT2D eigenvalue weighted by atomic mass is 10.00. The van der Waals surface area contributed by atoms with Crippen LogP contribution in [-0.2, 0) is 28.7 Å². The maximum absolute atomic E-state index is 13.9. The Morgan fingerprint density at radius 1 is 1.11 bits per heavy atom. The minimum absolute atomic E-state index is 0.116. The van der Waals surface area contributed by atoms with E-state index in [-0.39, 0.29) is 6.54 Å². The maximum Gasteiger partial charge on any atom is 0.408 e. The molecular weight excluding hydrogens is 492 g/mol. The molecule has 0 aliphatic rings. The fourth-order valence-corrected chi connectivity index (χ4v) is 3.51. The van der Waals surface area contributed by atoms with Crippen molar-refractivity contribution < 1.29 is 33.4 Å². The number of benzene rings is 1. The highest BCUT2D eigenvalue weighted by Gasteiger charge is 2.37. The summed E-state index contributed by atoms with van der Waals surface area (Å²) in [5, 5.41) is 4.90. The van der Waals surface area contributed by atoms with Crippen LogP contribution < -0.4 is 16.4 Å². The van der Waals surface area contributed by atoms with Crippen molar-refractivity contribution in [3.63, 3.8) is 0 Å². The highest BCUT2D eigenvalue weighted by Crippen LogP contribution is 2.24. The van der Waals surface area contributed by atoms with Crippen LogP contribution in [0.4, 0.5) is 4.79 Å². The van der Waals surface area contributed by atoms with Gasteiger partial charge in [0, 0.05) is 12.1 Å². The van der Waals surface area contributed by atoms with E-state index in [1.165, 1.54) is 12.0 Å². The summed E-state index contributed by atoms with van der Waals surface area (Å²) >= 11 is 0. The van der Waals surface area contributed by atoms with E-state index in [0.717, 1.165) is 12.8 Å². The van der Waals surface area contributed by atoms with Gasteiger partial charge in [-0.15, -0.1) is 6.42 Å². The molecule has 38 heavy (non-hydrogen) atoms. The molecule has 0 radical (unpaired) electrons. The fourth-order valence-electron chi connectivity index (χ4n) is 3.51. The van der Waals surface area contributed by atoms with Crippen LogP contribution in [0.2, 0.25) is 0 Å². The van der Waals surface area contributed by atoms with Crippen molar-refractivity contribution >= 4 is 29.8 Å². The topological polar surface area (TPSA) is 157 Å². The molecule has 0 bridgehead atoms. The number of rotatable bonds is 13. The van der Waals surface area contributed by atoms with Crippen LogP contribution in [0.25, 0.3) is 0 Å². The number of unbranched alkanes of at least 4 members (excludes halogenated alkanes) is 2. The number of terminal acetylenes is 1. The van der Waals surface area contributed by atoms with Gasteiger partial charge in [-0.05, 0) is 44.9 Å². The summed E-state index contributed by atoms with van der Waals surface area (Å²) in [5.41, 5.74) is 5.49. The normalized spacial score (nSPS) is 12.3. The van der Waals surface area contributed by atoms with Crippen molar-refractivity contribution in [3.8, 4) is 12.3 Å². The molecule has 1 rings (SSSR count). The average Bonchev–Trinajstić information content (AvgIpc) is 2.84. The Morgan fingerprint density at radius 2 is 1.74 bits per heavy atom. The first-order chi connectivity index (χ1) is 17.8. The van der Waals surface area contributed by atoms with E-state index in [1.807, 2.05) is 6.92 Å². The average molecular weight is 531 g/mol. The van der Waals surface area contributed by atoms with Gasteiger partial charge in [-0.2, -0.15) is 0 Å². The van der Waals surface area contributed by atoms with E-state index in [9.17, 15) is 24.0 Å². The number of alkyl carbamates (subject to hydrolysis) is 1. The number of nitrogens with two attached hydrogens (primary N) is 1. The number of esters is 1. The van der Waals surface area contributed by atoms with Gasteiger partial charge in [0.1, 0.15) is 24.2 Å². The number of nitrogens with zero attached hydrogens (tertiary/aromatic N) is 1. The molecule has 2 unspecified atom stereocenters. The second-order valence-electron chi connectivity index (χ2n) is 9.57. The second-order valence-corrected chi connectivity index (χ2v) is 9.57. The minimum atomic E-state index is -1.40. The molecular formula is C27H38N4O7. The molecule has 0 fully saturated rings. The van der Waals surface area contributed by atoms with Crippen molar-refractivity contribution in [2.24, 2.45) is 5.73 Å². The minimum Gasteiger partial charge on any atom is -0.468 e. The van der Waals surface area contributed by atoms with E-state index in [0.29, 0.717) is 17.5 Å². The highest BCUT2D eigenvalue weighted by molar-refractivity contribution is 5.95. The van der Waals surface area contributed by atoms with Crippen LogP contribution in [-0.4, -0.2) is 66.5 Å². The Hall–Kier alpha value is -4.07. The lowest BCUT2D eigenvalue weighted by Crippen LogP contribution is -2.54. The molecule has 11 nitrogen and oxygen atoms in total. The van der Waals surface area contributed by atoms with Crippen LogP contribution in [0.3, 0.4) is 0 Å². The van der Waals surface area contributed by atoms with Gasteiger partial charge in [0.2, 0.25) is 17.7 Å². The van der Waals surface area contributed by atoms with Gasteiger partial charge < -0.3 is 30.7 Å². The molecule has 11 heteroatoms. The first-order valence-electron chi connectivity index (χ1n) is 12.3. The zero-order valence-corrected chi connectivity index (χ0v) is 22.7. The summed E-state index contributed by atoms with van der Waals surface area (Å²) in [7, 11) is 1.18. The third kappa shape index (κ3) is 10.9. The smallest absolute Gasteiger partial charge is 0.408 e. The summed E-state index contributed by atoms with van der Waals surface area (Å²) in [5.74, 6) is -0.406. The predicted molar refractivity (Wildman–Crippen MR) is 140 cm³/mol. The number of hydrogen-bond donors (Lipinski definition) is 3. The monoisotopic (exact) mass is 530 g/mol. The van der Waals surface area contributed by atoms with Crippen LogP contribution >= 0.6 is 0 Å². The van der Waals surface area contributed by atoms with Crippen LogP contribution in [0.15, 0.2) is 24.3 Å². The number of methoxy groups -OCH3 is 1. The number of carbonyl (C=O) groups excluding carboxylic acids is 5. The molecule has 0 aliphatic heterocycles. The van der Waals surface area contributed by atoms with E-state index in [2.05, 4.69) is 21.3 Å². The lowest BCUT2D eigenvalue weighted by molar-refractivity contribution is -0.145. The molecule has 0 heterocycles. The van der Waals surface area contributed by atoms with Crippen LogP contribution in [0.1, 0.15) is 70.5 Å². The number of nitrogens with one attached hydrogen (secondary N) is 2. The molecule has 208 valence electrons. The molecule has 1 aromatic rings. The molecule has 4 N–H and O–H groups in total. The van der Waals surface area contributed by atoms with Gasteiger partial charge in [0.05, 0.1) is 13.5 Å². The van der Waals surface area contributed by atoms with E-state index in [1.54, 1.807) is 45.0 Å². The Morgan fingerprint density at radius 3 is 2.24 bits per heavy atom. The summed E-state index contributed by atoms with van der Waals surface area (Å²) in [6, 6.07) is 3.82. The largest absolute Gasteiger partial charge is 0.468 e. The Balaban J connectivity index is 3.52. The second kappa shape index (κ2) is 15.2. The molecule has 4 amide bonds. The Labute approximate surface area is 223 Å². The molecule has 0 saturated carbocycles. The number of amides is 4. The van der Waals surface area contributed by atoms with Crippen molar-refractivity contribution in [1.29, 1.82) is 0 Å². The SMILES string of the molecule is C#Cc1ccc(C(C(=O)NCC(=O)OC)N(CCCCC)C(=O)C(CC(N)=O)NC(=O)OC(C)(C)C)cc1. The van der Waals surface area contributed by atoms with Crippen LogP contribution in [0.5, 0.6) is 0 Å². The summed E-state index contributed by atoms with van der Waals surface area (Å²) in [6.07, 6.45) is 6.12. The van der Waals surface area contributed by atoms with E-state index in [4.69, 9.17) is 16.9 Å². The standard InChI is InChI=1S/C27H38N4O7/c1-7-9-10-15-31(25(35)20(16-21(28)32)30-26(36)38-27(3,4)5)23(24(34)29-17-22(33)37-6)19-13-11-18(8-2)12-14-19/h2,11-14,20,23H,7,9-10,15-17H2,1,3-6H3,(H2,28,32)(H,29,34)(H,30,36). The first kappa shape index (κ1) is 32.0. The summed E-state index contributed by atoms with van der Waals surface area (Å²) in [6.45, 7) is 6.62. The number of carbonyl (C=O) groups is 5. The van der Waals surface area contributed by atoms with Crippen molar-refractivity contribution in [2.75, 3.05) is 20.2 Å². The van der Waals surface area contributed by atoms with Crippen molar-refractivity contribution in [3.05, 3.63) is 35.4 Å². The van der Waals surface area contributed by atoms with Gasteiger partial charge in [-0.25, -0.2) is 4.79 Å². The van der Waals surface area contributed by atoms with Gasteiger partial charge in [-0.1, -0.05) is 37.8 Å². The fraction of sp³-hybridized carbons (Fsp3) is 0.519. The number of ether oxygens (including phenoxy) is 2. The molecule has 1 aromatic carbocycles. The zero-order chi connectivity index (χ0) is 28.9. The molecule has 0 aliphatic carbocycles. The predicted octanol–water partition coefficient (Wildman–Crippen LogP) is 1.79. The van der Waals surface area contributed by atoms with Gasteiger partial charge in [0.25, 0.3) is 0 Å². The lowest BCUT2D eigenvalue weighted by Gasteiger charge is -2.34. The van der Waals surface area contributed by atoms with Crippen molar-refractivity contribution in [1.82, 2.24) is 15.5 Å². The molecule has 2 atom stereocenters. The van der Waals surface area contributed by atoms with E-state index >= 15 is 0 Å². The molecule has 0 spiro atoms. The Bertz CT molecular complexity index is 1030. The summed E-state index contributed by atoms with van der Waals surface area (Å²) in [4.78, 5) is 64.5. The number of primary amides is 1. The highest BCUT2D eigenvalue weighted by atomic mass is 16.6. The Kier molecular flexibility index (Phi) is 12.8. The van der Waals surface area contributed by atoms with Crippen LogP contribution in [0, 0.1) is 12.3 Å². The summed E-state index contributed by atoms with van der Waals surface area (Å²) < 4.78 is 9.85. The first-order valence-corrected chi connectivity index (χ1v) is 12.3. The third-order valence-electron chi connectivity index (χ3n) is 5.27. The van der Waals surface area contributed by atoms with E-state index < -0.39 is 60.4 Å². The van der Waals surface area contributed by atoms with Gasteiger partial charge >= 0.3 is 12.1 Å². The quantitative estimate of drug-likeness (QED) is 0.199. The zero-order valence-electron chi connectivity index (χ0n) is 22.7. The maximum atomic E-state index is 13.9. The number of hydrogen-bond acceptors (Lipinski definition) is 7.